The number of terminal acetylenes is 1. The van der Waals surface area contributed by atoms with Crippen molar-refractivity contribution >= 4 is 34.4 Å². The average Bonchev–Trinajstić information content (AvgIpc) is 3.21. The van der Waals surface area contributed by atoms with Gasteiger partial charge in [0.05, 0.1) is 5.02 Å². The van der Waals surface area contributed by atoms with Crippen LogP contribution in [0.5, 0.6) is 0 Å². The number of hydrogen-bond acceptors (Lipinski definition) is 5. The van der Waals surface area contributed by atoms with E-state index in [-0.39, 0.29) is 17.3 Å². The Kier molecular flexibility index (Phi) is 6.01. The number of H-pyrrole nitrogens is 1. The smallest absolute Gasteiger partial charge is 0.272 e. The molecule has 0 saturated heterocycles. The SMILES string of the molecule is C#Cc1ccc(CNc2n[nH]c3c(C(=O)NCc4ccc(F)c(Cl)c4)ncnc23)cc1C. The molecule has 3 N–H and O–H groups in total. The number of aromatic amines is 1. The van der Waals surface area contributed by atoms with Crippen molar-refractivity contribution in [2.45, 2.75) is 20.0 Å². The molecule has 0 radical (unpaired) electrons. The summed E-state index contributed by atoms with van der Waals surface area (Å²) in [5, 5.41) is 13.0. The fourth-order valence-corrected chi connectivity index (χ4v) is 3.43. The van der Waals surface area contributed by atoms with Crippen LogP contribution in [-0.2, 0) is 13.1 Å². The molecule has 0 saturated carbocycles. The predicted molar refractivity (Wildman–Crippen MR) is 121 cm³/mol. The van der Waals surface area contributed by atoms with Crippen LogP contribution in [0, 0.1) is 25.1 Å². The van der Waals surface area contributed by atoms with Gasteiger partial charge in [-0.3, -0.25) is 9.89 Å². The molecule has 160 valence electrons. The van der Waals surface area contributed by atoms with E-state index in [0.717, 1.165) is 16.7 Å². The van der Waals surface area contributed by atoms with Crippen LogP contribution in [0.2, 0.25) is 5.02 Å². The van der Waals surface area contributed by atoms with Crippen molar-refractivity contribution in [1.29, 1.82) is 0 Å². The van der Waals surface area contributed by atoms with Gasteiger partial charge in [0, 0.05) is 18.7 Å². The van der Waals surface area contributed by atoms with Crippen LogP contribution < -0.4 is 10.6 Å². The number of amides is 1. The lowest BCUT2D eigenvalue weighted by Crippen LogP contribution is -2.24. The molecular weight excluding hydrogens is 431 g/mol. The second-order valence-corrected chi connectivity index (χ2v) is 7.50. The zero-order valence-corrected chi connectivity index (χ0v) is 17.8. The van der Waals surface area contributed by atoms with Gasteiger partial charge in [0.1, 0.15) is 23.2 Å². The molecule has 0 aliphatic carbocycles. The van der Waals surface area contributed by atoms with Crippen LogP contribution in [0.15, 0.2) is 42.7 Å². The average molecular weight is 449 g/mol. The standard InChI is InChI=1S/C23H18ClFN6O/c1-3-16-6-4-14(8-13(16)2)10-26-22-20-19(30-31-22)21(29-12-28-20)23(32)27-11-15-5-7-18(25)17(24)9-15/h1,4-9,12H,10-11H2,2H3,(H,27,32)(H2,26,30,31). The molecule has 2 heterocycles. The molecule has 4 aromatic rings. The highest BCUT2D eigenvalue weighted by Gasteiger charge is 2.17. The van der Waals surface area contributed by atoms with E-state index in [9.17, 15) is 9.18 Å². The van der Waals surface area contributed by atoms with Gasteiger partial charge in [0.25, 0.3) is 5.91 Å². The van der Waals surface area contributed by atoms with Gasteiger partial charge in [-0.15, -0.1) is 6.42 Å². The number of halogens is 2. The summed E-state index contributed by atoms with van der Waals surface area (Å²) in [7, 11) is 0. The maximum absolute atomic E-state index is 13.3. The van der Waals surface area contributed by atoms with E-state index in [0.29, 0.717) is 29.0 Å². The van der Waals surface area contributed by atoms with E-state index in [1.54, 1.807) is 6.07 Å². The van der Waals surface area contributed by atoms with Gasteiger partial charge in [-0.05, 0) is 41.8 Å². The molecule has 0 aliphatic rings. The molecule has 4 rings (SSSR count). The summed E-state index contributed by atoms with van der Waals surface area (Å²) in [6.45, 7) is 2.62. The van der Waals surface area contributed by atoms with Gasteiger partial charge in [-0.1, -0.05) is 35.7 Å². The molecule has 0 fully saturated rings. The molecule has 0 aliphatic heterocycles. The van der Waals surface area contributed by atoms with Gasteiger partial charge in [0.15, 0.2) is 11.5 Å². The van der Waals surface area contributed by atoms with Gasteiger partial charge in [0.2, 0.25) is 0 Å². The second-order valence-electron chi connectivity index (χ2n) is 7.10. The van der Waals surface area contributed by atoms with E-state index in [1.807, 2.05) is 25.1 Å². The van der Waals surface area contributed by atoms with Crippen molar-refractivity contribution in [2.24, 2.45) is 0 Å². The highest BCUT2D eigenvalue weighted by molar-refractivity contribution is 6.30. The lowest BCUT2D eigenvalue weighted by atomic mass is 10.1. The maximum Gasteiger partial charge on any atom is 0.272 e. The number of aromatic nitrogens is 4. The maximum atomic E-state index is 13.3. The Balaban J connectivity index is 1.48. The van der Waals surface area contributed by atoms with E-state index in [4.69, 9.17) is 18.0 Å². The van der Waals surface area contributed by atoms with Crippen molar-refractivity contribution in [1.82, 2.24) is 25.5 Å². The molecule has 0 bridgehead atoms. The Hall–Kier alpha value is -3.96. The molecule has 0 spiro atoms. The number of nitrogens with one attached hydrogen (secondary N) is 3. The molecule has 2 aromatic heterocycles. The number of rotatable bonds is 6. The fourth-order valence-electron chi connectivity index (χ4n) is 3.23. The predicted octanol–water partition coefficient (Wildman–Crippen LogP) is 3.98. The third kappa shape index (κ3) is 4.38. The first-order chi connectivity index (χ1) is 15.5. The van der Waals surface area contributed by atoms with E-state index < -0.39 is 11.7 Å². The van der Waals surface area contributed by atoms with Crippen molar-refractivity contribution in [2.75, 3.05) is 5.32 Å². The summed E-state index contributed by atoms with van der Waals surface area (Å²) in [5.74, 6) is 2.21. The van der Waals surface area contributed by atoms with Crippen molar-refractivity contribution in [3.05, 3.63) is 81.5 Å². The van der Waals surface area contributed by atoms with Gasteiger partial charge in [-0.2, -0.15) is 5.10 Å². The molecule has 0 unspecified atom stereocenters. The number of aryl methyl sites for hydroxylation is 1. The van der Waals surface area contributed by atoms with Crippen molar-refractivity contribution in [3.63, 3.8) is 0 Å². The molecule has 32 heavy (non-hydrogen) atoms. The molecule has 0 atom stereocenters. The summed E-state index contributed by atoms with van der Waals surface area (Å²) in [5.41, 5.74) is 4.61. The Morgan fingerprint density at radius 2 is 1.97 bits per heavy atom. The molecule has 2 aromatic carbocycles. The minimum atomic E-state index is -0.515. The second kappa shape index (κ2) is 9.04. The summed E-state index contributed by atoms with van der Waals surface area (Å²) >= 11 is 5.79. The van der Waals surface area contributed by atoms with Crippen LogP contribution in [0.25, 0.3) is 11.0 Å². The lowest BCUT2D eigenvalue weighted by Gasteiger charge is -2.07. The van der Waals surface area contributed by atoms with Crippen LogP contribution in [-0.4, -0.2) is 26.1 Å². The molecule has 1 amide bonds. The summed E-state index contributed by atoms with van der Waals surface area (Å²) < 4.78 is 13.3. The number of carbonyl (C=O) groups is 1. The van der Waals surface area contributed by atoms with E-state index >= 15 is 0 Å². The van der Waals surface area contributed by atoms with Gasteiger partial charge < -0.3 is 10.6 Å². The van der Waals surface area contributed by atoms with Crippen LogP contribution in [0.1, 0.15) is 32.7 Å². The number of nitrogens with zero attached hydrogens (tertiary/aromatic N) is 3. The number of carbonyl (C=O) groups excluding carboxylic acids is 1. The number of anilines is 1. The highest BCUT2D eigenvalue weighted by Crippen LogP contribution is 2.21. The minimum Gasteiger partial charge on any atom is -0.363 e. The third-order valence-corrected chi connectivity index (χ3v) is 5.20. The summed E-state index contributed by atoms with van der Waals surface area (Å²) in [6.07, 6.45) is 6.78. The molecule has 7 nitrogen and oxygen atoms in total. The van der Waals surface area contributed by atoms with Crippen LogP contribution in [0.4, 0.5) is 10.2 Å². The fraction of sp³-hybridized carbons (Fsp3) is 0.130. The Labute approximate surface area is 188 Å². The zero-order valence-electron chi connectivity index (χ0n) is 17.0. The van der Waals surface area contributed by atoms with Crippen LogP contribution >= 0.6 is 11.6 Å². The van der Waals surface area contributed by atoms with E-state index in [2.05, 4.69) is 36.7 Å². The first kappa shape index (κ1) is 21.3. The lowest BCUT2D eigenvalue weighted by molar-refractivity contribution is 0.0947. The summed E-state index contributed by atoms with van der Waals surface area (Å²) in [4.78, 5) is 21.0. The van der Waals surface area contributed by atoms with Gasteiger partial charge in [-0.25, -0.2) is 14.4 Å². The number of benzene rings is 2. The number of fused-ring (bicyclic) bond motifs is 1. The molecule has 9 heteroatoms. The quantitative estimate of drug-likeness (QED) is 0.388. The Morgan fingerprint density at radius 3 is 2.72 bits per heavy atom. The Morgan fingerprint density at radius 1 is 1.19 bits per heavy atom. The molecular formula is C23H18ClFN6O. The highest BCUT2D eigenvalue weighted by atomic mass is 35.5. The van der Waals surface area contributed by atoms with Crippen molar-refractivity contribution < 1.29 is 9.18 Å². The summed E-state index contributed by atoms with van der Waals surface area (Å²) in [6, 6.07) is 10.1. The first-order valence-electron chi connectivity index (χ1n) is 9.67. The monoisotopic (exact) mass is 448 g/mol. The zero-order chi connectivity index (χ0) is 22.7. The third-order valence-electron chi connectivity index (χ3n) is 4.91. The van der Waals surface area contributed by atoms with Crippen molar-refractivity contribution in [3.8, 4) is 12.3 Å². The Bertz CT molecular complexity index is 1360. The normalized spacial score (nSPS) is 10.7. The topological polar surface area (TPSA) is 95.6 Å². The largest absolute Gasteiger partial charge is 0.363 e. The first-order valence-corrected chi connectivity index (χ1v) is 10.0. The van der Waals surface area contributed by atoms with Crippen LogP contribution in [0.3, 0.4) is 0 Å². The van der Waals surface area contributed by atoms with Gasteiger partial charge >= 0.3 is 0 Å². The number of hydrogen-bond donors (Lipinski definition) is 3. The minimum absolute atomic E-state index is 0.00502. The van der Waals surface area contributed by atoms with E-state index in [1.165, 1.54) is 18.5 Å².